The Morgan fingerprint density at radius 2 is 1.45 bits per heavy atom. The Hall–Kier alpha value is -3.54. The van der Waals surface area contributed by atoms with Gasteiger partial charge in [0.05, 0.1) is 5.52 Å². The topological polar surface area (TPSA) is 87.6 Å². The normalized spacial score (nSPS) is 16.0. The molecule has 6 nitrogen and oxygen atoms in total. The molecule has 3 aromatic rings. The lowest BCUT2D eigenvalue weighted by Gasteiger charge is -2.31. The molecule has 1 aliphatic carbocycles. The van der Waals surface area contributed by atoms with E-state index >= 15 is 0 Å². The second-order valence-corrected chi connectivity index (χ2v) is 13.0. The Kier molecular flexibility index (Phi) is 11.3. The summed E-state index contributed by atoms with van der Waals surface area (Å²) in [4.78, 5) is 48.0. The number of fused-ring (bicyclic) bond motifs is 2. The van der Waals surface area contributed by atoms with Gasteiger partial charge in [-0.25, -0.2) is 4.98 Å². The Balaban J connectivity index is 1.64. The van der Waals surface area contributed by atoms with Crippen molar-refractivity contribution in [2.45, 2.75) is 105 Å². The molecule has 3 unspecified atom stereocenters. The minimum atomic E-state index is -1.22. The van der Waals surface area contributed by atoms with Crippen molar-refractivity contribution in [2.24, 2.45) is 11.8 Å². The van der Waals surface area contributed by atoms with E-state index in [9.17, 15) is 19.5 Å². The van der Waals surface area contributed by atoms with E-state index in [1.54, 1.807) is 24.3 Å². The SMILES string of the molecule is CCCCC(CC)CN(CC(CC)CCCC)C(=O)c1ccc2c(c1)C(=O)C(c1nc3ccc(C(C)C)cc3cc1O)C2=O. The van der Waals surface area contributed by atoms with Gasteiger partial charge in [0.2, 0.25) is 0 Å². The van der Waals surface area contributed by atoms with E-state index in [0.717, 1.165) is 62.3 Å². The van der Waals surface area contributed by atoms with Crippen LogP contribution in [0.2, 0.25) is 0 Å². The lowest BCUT2D eigenvalue weighted by molar-refractivity contribution is 0.0684. The van der Waals surface area contributed by atoms with Gasteiger partial charge in [0, 0.05) is 35.2 Å². The Labute approximate surface area is 263 Å². The van der Waals surface area contributed by atoms with E-state index in [4.69, 9.17) is 0 Å². The van der Waals surface area contributed by atoms with Crippen molar-refractivity contribution in [3.63, 3.8) is 0 Å². The van der Waals surface area contributed by atoms with E-state index in [-0.39, 0.29) is 28.5 Å². The number of ketones is 2. The molecule has 236 valence electrons. The molecule has 2 aromatic carbocycles. The maximum absolute atomic E-state index is 14.1. The van der Waals surface area contributed by atoms with Crippen LogP contribution in [0.3, 0.4) is 0 Å². The van der Waals surface area contributed by atoms with Crippen LogP contribution in [0.1, 0.15) is 147 Å². The second kappa shape index (κ2) is 15.0. The lowest BCUT2D eigenvalue weighted by Crippen LogP contribution is -2.39. The van der Waals surface area contributed by atoms with Crippen LogP contribution in [-0.2, 0) is 0 Å². The molecule has 1 heterocycles. The predicted octanol–water partition coefficient (Wildman–Crippen LogP) is 9.10. The number of pyridine rings is 1. The molecule has 0 aliphatic heterocycles. The predicted molar refractivity (Wildman–Crippen MR) is 178 cm³/mol. The molecule has 1 aliphatic rings. The molecule has 1 amide bonds. The molecule has 3 atom stereocenters. The van der Waals surface area contributed by atoms with Crippen LogP contribution < -0.4 is 0 Å². The number of unbranched alkanes of at least 4 members (excludes halogenated alkanes) is 2. The van der Waals surface area contributed by atoms with Gasteiger partial charge in [-0.05, 0) is 72.6 Å². The molecule has 0 radical (unpaired) electrons. The Morgan fingerprint density at radius 1 is 0.841 bits per heavy atom. The van der Waals surface area contributed by atoms with Crippen LogP contribution in [0.4, 0.5) is 0 Å². The quantitative estimate of drug-likeness (QED) is 0.176. The highest BCUT2D eigenvalue weighted by molar-refractivity contribution is 6.30. The van der Waals surface area contributed by atoms with Gasteiger partial charge in [-0.1, -0.05) is 86.1 Å². The van der Waals surface area contributed by atoms with E-state index in [1.165, 1.54) is 0 Å². The Bertz CT molecular complexity index is 1480. The van der Waals surface area contributed by atoms with Crippen LogP contribution in [0.5, 0.6) is 5.75 Å². The maximum Gasteiger partial charge on any atom is 0.253 e. The third kappa shape index (κ3) is 7.22. The summed E-state index contributed by atoms with van der Waals surface area (Å²) in [5.74, 6) is -1.14. The van der Waals surface area contributed by atoms with Crippen molar-refractivity contribution < 1.29 is 19.5 Å². The molecule has 0 saturated carbocycles. The first kappa shape index (κ1) is 33.4. The summed E-state index contributed by atoms with van der Waals surface area (Å²) in [5.41, 5.74) is 2.75. The number of amides is 1. The number of carbonyl (C=O) groups excluding carboxylic acids is 3. The monoisotopic (exact) mass is 598 g/mol. The fraction of sp³-hybridized carbons (Fsp3) is 0.526. The van der Waals surface area contributed by atoms with Crippen molar-refractivity contribution in [1.82, 2.24) is 9.88 Å². The minimum Gasteiger partial charge on any atom is -0.506 e. The molecular weight excluding hydrogens is 548 g/mol. The minimum absolute atomic E-state index is 0.0684. The zero-order valence-electron chi connectivity index (χ0n) is 27.5. The molecular formula is C38H50N2O4. The van der Waals surface area contributed by atoms with Crippen molar-refractivity contribution in [1.29, 1.82) is 0 Å². The van der Waals surface area contributed by atoms with Crippen molar-refractivity contribution in [3.8, 4) is 5.75 Å². The molecule has 6 heteroatoms. The second-order valence-electron chi connectivity index (χ2n) is 13.0. The van der Waals surface area contributed by atoms with Gasteiger partial charge < -0.3 is 10.0 Å². The first-order chi connectivity index (χ1) is 21.1. The first-order valence-corrected chi connectivity index (χ1v) is 16.8. The zero-order valence-corrected chi connectivity index (χ0v) is 27.5. The molecule has 1 aromatic heterocycles. The average Bonchev–Trinajstić information content (AvgIpc) is 3.27. The number of Topliss-reactive ketones (excluding diaryl/α,β-unsaturated/α-hetero) is 2. The fourth-order valence-corrected chi connectivity index (χ4v) is 6.43. The smallest absolute Gasteiger partial charge is 0.253 e. The van der Waals surface area contributed by atoms with Crippen molar-refractivity contribution >= 4 is 28.4 Å². The maximum atomic E-state index is 14.1. The van der Waals surface area contributed by atoms with E-state index in [1.807, 2.05) is 23.1 Å². The van der Waals surface area contributed by atoms with Gasteiger partial charge in [-0.2, -0.15) is 0 Å². The van der Waals surface area contributed by atoms with Crippen LogP contribution >= 0.6 is 0 Å². The van der Waals surface area contributed by atoms with Crippen molar-refractivity contribution in [3.05, 3.63) is 70.4 Å². The van der Waals surface area contributed by atoms with Gasteiger partial charge in [0.25, 0.3) is 5.91 Å². The highest BCUT2D eigenvalue weighted by Gasteiger charge is 2.42. The fourth-order valence-electron chi connectivity index (χ4n) is 6.43. The third-order valence-corrected chi connectivity index (χ3v) is 9.44. The van der Waals surface area contributed by atoms with E-state index in [2.05, 4.69) is 46.5 Å². The molecule has 0 fully saturated rings. The van der Waals surface area contributed by atoms with E-state index < -0.39 is 17.5 Å². The van der Waals surface area contributed by atoms with Gasteiger partial charge in [0.15, 0.2) is 11.6 Å². The molecule has 0 bridgehead atoms. The van der Waals surface area contributed by atoms with Crippen LogP contribution in [0.25, 0.3) is 10.9 Å². The molecule has 4 rings (SSSR count). The standard InChI is InChI=1S/C38H50N2O4/c1-7-11-13-25(9-3)22-40(23-26(10-4)14-12-8-2)38(44)28-15-17-30-31(20-28)37(43)34(36(30)42)35-33(41)21-29-19-27(24(5)6)16-18-32(29)39-35/h15-21,24-26,34,41H,7-14,22-23H2,1-6H3. The number of nitrogens with zero attached hydrogens (tertiary/aromatic N) is 2. The molecule has 0 saturated heterocycles. The van der Waals surface area contributed by atoms with Gasteiger partial charge in [-0.15, -0.1) is 0 Å². The van der Waals surface area contributed by atoms with Crippen LogP contribution in [0.15, 0.2) is 42.5 Å². The number of hydrogen-bond donors (Lipinski definition) is 1. The Morgan fingerprint density at radius 3 is 2.02 bits per heavy atom. The number of aromatic hydroxyl groups is 1. The van der Waals surface area contributed by atoms with E-state index in [0.29, 0.717) is 41.9 Å². The number of hydrogen-bond acceptors (Lipinski definition) is 5. The van der Waals surface area contributed by atoms with Gasteiger partial charge >= 0.3 is 0 Å². The van der Waals surface area contributed by atoms with Crippen LogP contribution in [-0.4, -0.2) is 45.6 Å². The summed E-state index contributed by atoms with van der Waals surface area (Å²) in [6, 6.07) is 12.3. The lowest BCUT2D eigenvalue weighted by atomic mass is 9.95. The average molecular weight is 599 g/mol. The van der Waals surface area contributed by atoms with Gasteiger partial charge in [-0.3, -0.25) is 14.4 Å². The summed E-state index contributed by atoms with van der Waals surface area (Å²) in [6.45, 7) is 14.3. The summed E-state index contributed by atoms with van der Waals surface area (Å²) < 4.78 is 0. The largest absolute Gasteiger partial charge is 0.506 e. The number of benzene rings is 2. The highest BCUT2D eigenvalue weighted by Crippen LogP contribution is 2.39. The summed E-state index contributed by atoms with van der Waals surface area (Å²) in [7, 11) is 0. The molecule has 44 heavy (non-hydrogen) atoms. The number of rotatable bonds is 15. The zero-order chi connectivity index (χ0) is 32.0. The third-order valence-electron chi connectivity index (χ3n) is 9.44. The number of carbonyl (C=O) groups is 3. The van der Waals surface area contributed by atoms with Gasteiger partial charge in [0.1, 0.15) is 17.4 Å². The van der Waals surface area contributed by atoms with Crippen molar-refractivity contribution in [2.75, 3.05) is 13.1 Å². The highest BCUT2D eigenvalue weighted by atomic mass is 16.3. The number of aromatic nitrogens is 1. The van der Waals surface area contributed by atoms with Crippen LogP contribution in [0, 0.1) is 11.8 Å². The summed E-state index contributed by atoms with van der Waals surface area (Å²) in [5, 5.41) is 11.7. The summed E-state index contributed by atoms with van der Waals surface area (Å²) in [6.07, 6.45) is 8.72. The first-order valence-electron chi connectivity index (χ1n) is 16.8. The molecule has 0 spiro atoms. The summed E-state index contributed by atoms with van der Waals surface area (Å²) >= 11 is 0. The molecule has 1 N–H and O–H groups in total.